The fourth-order valence-electron chi connectivity index (χ4n) is 5.08. The molecule has 3 aliphatic rings. The van der Waals surface area contributed by atoms with Gasteiger partial charge in [0.2, 0.25) is 5.91 Å². The molecule has 1 N–H and O–H groups in total. The average molecular weight is 362 g/mol. The summed E-state index contributed by atoms with van der Waals surface area (Å²) in [6, 6.07) is 6.36. The molecule has 0 saturated heterocycles. The molecule has 1 aromatic carbocycles. The number of carbonyl (C=O) groups is 1. The van der Waals surface area contributed by atoms with Crippen molar-refractivity contribution in [3.8, 4) is 0 Å². The zero-order valence-electron chi connectivity index (χ0n) is 15.3. The monoisotopic (exact) mass is 361 g/mol. The molecule has 0 radical (unpaired) electrons. The van der Waals surface area contributed by atoms with Crippen molar-refractivity contribution in [2.24, 2.45) is 0 Å². The lowest BCUT2D eigenvalue weighted by molar-refractivity contribution is -0.126. The van der Waals surface area contributed by atoms with Crippen molar-refractivity contribution in [1.82, 2.24) is 5.32 Å². The lowest BCUT2D eigenvalue weighted by Crippen LogP contribution is -2.57. The van der Waals surface area contributed by atoms with E-state index < -0.39 is 14.6 Å². The highest BCUT2D eigenvalue weighted by Crippen LogP contribution is 2.52. The minimum atomic E-state index is -3.39. The Labute approximate surface area is 150 Å². The third-order valence-electron chi connectivity index (χ3n) is 6.88. The molecular formula is C20H27NO3S. The van der Waals surface area contributed by atoms with Crippen molar-refractivity contribution in [1.29, 1.82) is 0 Å². The second-order valence-electron chi connectivity index (χ2n) is 8.81. The van der Waals surface area contributed by atoms with Crippen LogP contribution in [0.3, 0.4) is 0 Å². The van der Waals surface area contributed by atoms with E-state index in [9.17, 15) is 13.2 Å². The molecule has 2 atom stereocenters. The molecule has 4 rings (SSSR count). The van der Waals surface area contributed by atoms with Gasteiger partial charge in [0, 0.05) is 6.26 Å². The predicted molar refractivity (Wildman–Crippen MR) is 98.4 cm³/mol. The van der Waals surface area contributed by atoms with Crippen molar-refractivity contribution in [2.45, 2.75) is 74.5 Å². The molecule has 0 bridgehead atoms. The van der Waals surface area contributed by atoms with E-state index in [4.69, 9.17) is 0 Å². The van der Waals surface area contributed by atoms with Crippen LogP contribution in [0.1, 0.15) is 81.0 Å². The molecule has 0 aromatic heterocycles. The maximum atomic E-state index is 12.9. The summed E-state index contributed by atoms with van der Waals surface area (Å²) in [4.78, 5) is 12.9. The Hall–Kier alpha value is -1.36. The second kappa shape index (κ2) is 5.32. The number of nitrogens with one attached hydrogen (secondary N) is 1. The van der Waals surface area contributed by atoms with Gasteiger partial charge in [0.1, 0.15) is 4.75 Å². The molecule has 1 saturated carbocycles. The molecule has 136 valence electrons. The van der Waals surface area contributed by atoms with Crippen LogP contribution in [0.2, 0.25) is 0 Å². The van der Waals surface area contributed by atoms with Crippen molar-refractivity contribution in [2.75, 3.05) is 6.26 Å². The molecule has 2 unspecified atom stereocenters. The van der Waals surface area contributed by atoms with Gasteiger partial charge in [-0.05, 0) is 66.5 Å². The number of rotatable bonds is 3. The van der Waals surface area contributed by atoms with Crippen LogP contribution in [0.15, 0.2) is 18.2 Å². The first-order valence-electron chi connectivity index (χ1n) is 9.30. The molecule has 1 amide bonds. The van der Waals surface area contributed by atoms with Gasteiger partial charge in [0.15, 0.2) is 9.84 Å². The van der Waals surface area contributed by atoms with Gasteiger partial charge in [0.05, 0.1) is 6.04 Å². The van der Waals surface area contributed by atoms with Crippen LogP contribution in [0.25, 0.3) is 0 Å². The normalized spacial score (nSPS) is 28.8. The Morgan fingerprint density at radius 2 is 1.92 bits per heavy atom. The van der Waals surface area contributed by atoms with Gasteiger partial charge in [0.25, 0.3) is 0 Å². The number of sulfone groups is 1. The van der Waals surface area contributed by atoms with Gasteiger partial charge < -0.3 is 5.32 Å². The molecule has 0 aliphatic heterocycles. The van der Waals surface area contributed by atoms with Gasteiger partial charge in [-0.25, -0.2) is 8.42 Å². The number of carbonyl (C=O) groups excluding carboxylic acids is 1. The Kier molecular flexibility index (Phi) is 3.63. The highest BCUT2D eigenvalue weighted by atomic mass is 32.2. The first-order valence-corrected chi connectivity index (χ1v) is 11.2. The van der Waals surface area contributed by atoms with Crippen LogP contribution in [-0.2, 0) is 20.0 Å². The van der Waals surface area contributed by atoms with Gasteiger partial charge in [-0.1, -0.05) is 32.0 Å². The Morgan fingerprint density at radius 3 is 2.52 bits per heavy atom. The van der Waals surface area contributed by atoms with E-state index in [1.807, 2.05) is 0 Å². The van der Waals surface area contributed by atoms with Crippen LogP contribution in [0.5, 0.6) is 0 Å². The third kappa shape index (κ3) is 2.38. The van der Waals surface area contributed by atoms with Crippen molar-refractivity contribution >= 4 is 15.7 Å². The van der Waals surface area contributed by atoms with E-state index in [1.165, 1.54) is 22.9 Å². The first-order chi connectivity index (χ1) is 11.7. The SMILES string of the molecule is CC1(C)CCC2CC(NC(=O)C3(S(C)(=O)=O)CCC3)c3cccc1c32. The largest absolute Gasteiger partial charge is 0.348 e. The van der Waals surface area contributed by atoms with E-state index in [-0.39, 0.29) is 17.4 Å². The maximum Gasteiger partial charge on any atom is 0.241 e. The summed E-state index contributed by atoms with van der Waals surface area (Å²) in [5.41, 5.74) is 4.18. The smallest absolute Gasteiger partial charge is 0.241 e. The number of hydrogen-bond acceptors (Lipinski definition) is 3. The van der Waals surface area contributed by atoms with Crippen LogP contribution in [-0.4, -0.2) is 25.3 Å². The topological polar surface area (TPSA) is 63.2 Å². The van der Waals surface area contributed by atoms with Gasteiger partial charge in [-0.3, -0.25) is 4.79 Å². The molecule has 25 heavy (non-hydrogen) atoms. The number of benzene rings is 1. The highest BCUT2D eigenvalue weighted by molar-refractivity contribution is 7.93. The predicted octanol–water partition coefficient (Wildman–Crippen LogP) is 3.37. The summed E-state index contributed by atoms with van der Waals surface area (Å²) in [6.07, 6.45) is 6.10. The fraction of sp³-hybridized carbons (Fsp3) is 0.650. The van der Waals surface area contributed by atoms with E-state index in [0.717, 1.165) is 25.7 Å². The lowest BCUT2D eigenvalue weighted by Gasteiger charge is -2.39. The molecule has 0 heterocycles. The van der Waals surface area contributed by atoms with E-state index >= 15 is 0 Å². The Bertz CT molecular complexity index is 836. The summed E-state index contributed by atoms with van der Waals surface area (Å²) in [5, 5.41) is 3.11. The molecule has 1 fully saturated rings. The van der Waals surface area contributed by atoms with Crippen LogP contribution < -0.4 is 5.32 Å². The van der Waals surface area contributed by atoms with Crippen molar-refractivity contribution in [3.05, 3.63) is 34.9 Å². The zero-order chi connectivity index (χ0) is 18.0. The molecule has 3 aliphatic carbocycles. The third-order valence-corrected chi connectivity index (χ3v) is 8.89. The molecule has 0 spiro atoms. The molecule has 4 nitrogen and oxygen atoms in total. The molecule has 5 heteroatoms. The van der Waals surface area contributed by atoms with E-state index in [2.05, 4.69) is 37.4 Å². The fourth-order valence-corrected chi connectivity index (χ4v) is 6.51. The van der Waals surface area contributed by atoms with Crippen LogP contribution >= 0.6 is 0 Å². The second-order valence-corrected chi connectivity index (χ2v) is 11.1. The standard InChI is InChI=1S/C20H27NO3S/c1-19(2)11-8-13-12-16(14-6-4-7-15(19)17(13)14)21-18(22)20(9-5-10-20)25(3,23)24/h4,6-7,13,16H,5,8-12H2,1-3H3,(H,21,22). The number of amides is 1. The summed E-state index contributed by atoms with van der Waals surface area (Å²) in [7, 11) is -3.39. The van der Waals surface area contributed by atoms with Crippen molar-refractivity contribution in [3.63, 3.8) is 0 Å². The Balaban J connectivity index is 1.66. The highest BCUT2D eigenvalue weighted by Gasteiger charge is 2.54. The van der Waals surface area contributed by atoms with Crippen LogP contribution in [0, 0.1) is 0 Å². The number of hydrogen-bond donors (Lipinski definition) is 1. The summed E-state index contributed by atoms with van der Waals surface area (Å²) in [6.45, 7) is 4.58. The van der Waals surface area contributed by atoms with Gasteiger partial charge in [-0.15, -0.1) is 0 Å². The molecular weight excluding hydrogens is 334 g/mol. The van der Waals surface area contributed by atoms with E-state index in [0.29, 0.717) is 18.8 Å². The summed E-state index contributed by atoms with van der Waals surface area (Å²) in [5.74, 6) is 0.196. The summed E-state index contributed by atoms with van der Waals surface area (Å²) < 4.78 is 23.2. The maximum absolute atomic E-state index is 12.9. The molecule has 1 aromatic rings. The van der Waals surface area contributed by atoms with Crippen LogP contribution in [0.4, 0.5) is 0 Å². The quantitative estimate of drug-likeness (QED) is 0.898. The minimum absolute atomic E-state index is 0.0550. The summed E-state index contributed by atoms with van der Waals surface area (Å²) >= 11 is 0. The van der Waals surface area contributed by atoms with Gasteiger partial charge in [-0.2, -0.15) is 0 Å². The minimum Gasteiger partial charge on any atom is -0.348 e. The van der Waals surface area contributed by atoms with Crippen molar-refractivity contribution < 1.29 is 13.2 Å². The van der Waals surface area contributed by atoms with E-state index in [1.54, 1.807) is 0 Å². The average Bonchev–Trinajstić information content (AvgIpc) is 2.80. The zero-order valence-corrected chi connectivity index (χ0v) is 16.1. The van der Waals surface area contributed by atoms with Gasteiger partial charge >= 0.3 is 0 Å². The lowest BCUT2D eigenvalue weighted by atomic mass is 9.69. The first kappa shape index (κ1) is 17.1. The Morgan fingerprint density at radius 1 is 1.20 bits per heavy atom.